The lowest BCUT2D eigenvalue weighted by Gasteiger charge is -2.18. The summed E-state index contributed by atoms with van der Waals surface area (Å²) in [7, 11) is 1.63. The number of primary amides is 1. The van der Waals surface area contributed by atoms with Gasteiger partial charge in [0.2, 0.25) is 5.60 Å². The molecule has 9 heteroatoms. The van der Waals surface area contributed by atoms with Crippen molar-refractivity contribution in [3.8, 4) is 17.5 Å². The SMILES string of the molecule is CN1CC[C@@](O)(C#Cc2cccc(-n3nc(C(N)=O)c4c3CCC[C@H]4N=O)c2)C1=O. The fourth-order valence-electron chi connectivity index (χ4n) is 4.02. The van der Waals surface area contributed by atoms with Crippen LogP contribution in [0.2, 0.25) is 0 Å². The summed E-state index contributed by atoms with van der Waals surface area (Å²) in [5.41, 5.74) is 6.30. The Labute approximate surface area is 172 Å². The van der Waals surface area contributed by atoms with Gasteiger partial charge < -0.3 is 15.7 Å². The molecule has 1 aromatic carbocycles. The third-order valence-electron chi connectivity index (χ3n) is 5.62. The van der Waals surface area contributed by atoms with E-state index in [0.29, 0.717) is 36.2 Å². The first-order chi connectivity index (χ1) is 14.3. The van der Waals surface area contributed by atoms with E-state index >= 15 is 0 Å². The molecule has 4 rings (SSSR count). The van der Waals surface area contributed by atoms with Gasteiger partial charge in [0.15, 0.2) is 5.69 Å². The van der Waals surface area contributed by atoms with Gasteiger partial charge in [0.1, 0.15) is 6.04 Å². The third-order valence-corrected chi connectivity index (χ3v) is 5.62. The van der Waals surface area contributed by atoms with E-state index in [9.17, 15) is 19.6 Å². The minimum Gasteiger partial charge on any atom is -0.369 e. The summed E-state index contributed by atoms with van der Waals surface area (Å²) < 4.78 is 1.60. The Morgan fingerprint density at radius 1 is 1.43 bits per heavy atom. The summed E-state index contributed by atoms with van der Waals surface area (Å²) in [4.78, 5) is 36.7. The van der Waals surface area contributed by atoms with Crippen LogP contribution in [0.5, 0.6) is 0 Å². The van der Waals surface area contributed by atoms with Crippen molar-refractivity contribution in [1.82, 2.24) is 14.7 Å². The Kier molecular flexibility index (Phi) is 4.87. The molecule has 2 aliphatic rings. The van der Waals surface area contributed by atoms with E-state index in [1.165, 1.54) is 4.90 Å². The number of hydrogen-bond acceptors (Lipinski definition) is 6. The minimum atomic E-state index is -1.68. The highest BCUT2D eigenvalue weighted by Crippen LogP contribution is 2.36. The summed E-state index contributed by atoms with van der Waals surface area (Å²) in [5.74, 6) is 4.44. The number of rotatable bonds is 3. The first kappa shape index (κ1) is 19.8. The average molecular weight is 407 g/mol. The largest absolute Gasteiger partial charge is 0.369 e. The monoisotopic (exact) mass is 407 g/mol. The number of likely N-dealkylation sites (N-methyl/N-ethyl adjacent to an activating group) is 1. The molecule has 1 aromatic heterocycles. The number of benzene rings is 1. The number of carbonyl (C=O) groups excluding carboxylic acids is 2. The fourth-order valence-corrected chi connectivity index (χ4v) is 4.02. The molecular formula is C21H21N5O4. The Balaban J connectivity index is 1.74. The number of nitroso groups, excluding NO2 is 1. The molecule has 1 aliphatic heterocycles. The van der Waals surface area contributed by atoms with Crippen LogP contribution in [0, 0.1) is 16.7 Å². The average Bonchev–Trinajstić information content (AvgIpc) is 3.27. The minimum absolute atomic E-state index is 0.0553. The van der Waals surface area contributed by atoms with Crippen LogP contribution in [-0.4, -0.2) is 50.8 Å². The van der Waals surface area contributed by atoms with Crippen molar-refractivity contribution in [2.75, 3.05) is 13.6 Å². The van der Waals surface area contributed by atoms with E-state index in [4.69, 9.17) is 5.73 Å². The maximum absolute atomic E-state index is 12.1. The normalized spacial score (nSPS) is 22.9. The van der Waals surface area contributed by atoms with Crippen LogP contribution in [0.15, 0.2) is 29.4 Å². The van der Waals surface area contributed by atoms with Crippen molar-refractivity contribution in [3.63, 3.8) is 0 Å². The second kappa shape index (κ2) is 7.39. The third kappa shape index (κ3) is 3.25. The lowest BCUT2D eigenvalue weighted by Crippen LogP contribution is -2.37. The van der Waals surface area contributed by atoms with Crippen LogP contribution in [0.1, 0.15) is 52.6 Å². The molecule has 0 spiro atoms. The van der Waals surface area contributed by atoms with Gasteiger partial charge in [-0.05, 0) is 37.5 Å². The van der Waals surface area contributed by atoms with Crippen LogP contribution < -0.4 is 5.73 Å². The number of amides is 2. The highest BCUT2D eigenvalue weighted by molar-refractivity contribution is 5.93. The number of nitrogens with two attached hydrogens (primary N) is 1. The highest BCUT2D eigenvalue weighted by Gasteiger charge is 2.42. The number of carbonyl (C=O) groups is 2. The summed E-state index contributed by atoms with van der Waals surface area (Å²) in [5, 5.41) is 18.0. The first-order valence-corrected chi connectivity index (χ1v) is 9.69. The van der Waals surface area contributed by atoms with Gasteiger partial charge in [0.25, 0.3) is 11.8 Å². The van der Waals surface area contributed by atoms with Gasteiger partial charge in [0, 0.05) is 31.1 Å². The molecule has 2 amide bonds. The standard InChI is InChI=1S/C21H21N5O4/c1-25-11-10-21(29,20(25)28)9-8-13-4-2-5-14(12-13)26-16-7-3-6-15(24-30)17(16)18(23-26)19(22)27/h2,4-5,12,15,29H,3,6-7,10-11H2,1H3,(H2,22,27)/t15-,21+/m1/s1. The van der Waals surface area contributed by atoms with Crippen molar-refractivity contribution < 1.29 is 14.7 Å². The van der Waals surface area contributed by atoms with Crippen molar-refractivity contribution in [3.05, 3.63) is 51.7 Å². The maximum atomic E-state index is 12.1. The number of fused-ring (bicyclic) bond motifs is 1. The van der Waals surface area contributed by atoms with E-state index in [-0.39, 0.29) is 12.1 Å². The van der Waals surface area contributed by atoms with Gasteiger partial charge >= 0.3 is 0 Å². The first-order valence-electron chi connectivity index (χ1n) is 9.69. The van der Waals surface area contributed by atoms with Gasteiger partial charge in [-0.15, -0.1) is 0 Å². The smallest absolute Gasteiger partial charge is 0.269 e. The Morgan fingerprint density at radius 3 is 2.90 bits per heavy atom. The van der Waals surface area contributed by atoms with Crippen LogP contribution in [0.3, 0.4) is 0 Å². The Hall–Kier alpha value is -3.51. The van der Waals surface area contributed by atoms with Crippen LogP contribution in [0.25, 0.3) is 5.69 Å². The molecule has 0 radical (unpaired) electrons. The number of hydrogen-bond donors (Lipinski definition) is 2. The van der Waals surface area contributed by atoms with Gasteiger partial charge in [-0.3, -0.25) is 9.59 Å². The van der Waals surface area contributed by atoms with Crippen LogP contribution >= 0.6 is 0 Å². The number of aromatic nitrogens is 2. The molecular weight excluding hydrogens is 386 g/mol. The topological polar surface area (TPSA) is 131 Å². The van der Waals surface area contributed by atoms with Crippen molar-refractivity contribution in [1.29, 1.82) is 0 Å². The zero-order chi connectivity index (χ0) is 21.5. The van der Waals surface area contributed by atoms with Gasteiger partial charge in [-0.25, -0.2) is 4.68 Å². The molecule has 9 nitrogen and oxygen atoms in total. The molecule has 2 heterocycles. The molecule has 30 heavy (non-hydrogen) atoms. The molecule has 0 unspecified atom stereocenters. The van der Waals surface area contributed by atoms with Gasteiger partial charge in [0.05, 0.1) is 11.4 Å². The summed E-state index contributed by atoms with van der Waals surface area (Å²) >= 11 is 0. The number of aliphatic hydroxyl groups is 1. The van der Waals surface area contributed by atoms with Crippen LogP contribution in [0.4, 0.5) is 0 Å². The predicted molar refractivity (Wildman–Crippen MR) is 108 cm³/mol. The Bertz CT molecular complexity index is 1110. The quantitative estimate of drug-likeness (QED) is 0.580. The molecule has 1 saturated heterocycles. The van der Waals surface area contributed by atoms with E-state index in [1.807, 2.05) is 0 Å². The number of nitrogens with zero attached hydrogens (tertiary/aromatic N) is 4. The van der Waals surface area contributed by atoms with Crippen LogP contribution in [-0.2, 0) is 11.2 Å². The molecule has 154 valence electrons. The lowest BCUT2D eigenvalue weighted by atomic mass is 9.91. The maximum Gasteiger partial charge on any atom is 0.269 e. The fraction of sp³-hybridized carbons (Fsp3) is 0.381. The van der Waals surface area contributed by atoms with Crippen molar-refractivity contribution in [2.24, 2.45) is 10.9 Å². The van der Waals surface area contributed by atoms with E-state index in [0.717, 1.165) is 12.1 Å². The highest BCUT2D eigenvalue weighted by atomic mass is 16.3. The molecule has 0 bridgehead atoms. The summed E-state index contributed by atoms with van der Waals surface area (Å²) in [6.07, 6.45) is 2.19. The summed E-state index contributed by atoms with van der Waals surface area (Å²) in [6, 6.07) is 6.42. The van der Waals surface area contributed by atoms with E-state index < -0.39 is 23.5 Å². The van der Waals surface area contributed by atoms with Crippen molar-refractivity contribution >= 4 is 11.8 Å². The molecule has 1 fully saturated rings. The number of likely N-dealkylation sites (tertiary alicyclic amines) is 1. The Morgan fingerprint density at radius 2 is 2.23 bits per heavy atom. The zero-order valence-electron chi connectivity index (χ0n) is 16.5. The van der Waals surface area contributed by atoms with Gasteiger partial charge in [-0.1, -0.05) is 23.1 Å². The van der Waals surface area contributed by atoms with Gasteiger partial charge in [-0.2, -0.15) is 10.0 Å². The van der Waals surface area contributed by atoms with E-state index in [2.05, 4.69) is 22.1 Å². The second-order valence-electron chi connectivity index (χ2n) is 7.64. The van der Waals surface area contributed by atoms with Crippen molar-refractivity contribution in [2.45, 2.75) is 37.3 Å². The molecule has 2 aromatic rings. The molecule has 0 saturated carbocycles. The second-order valence-corrected chi connectivity index (χ2v) is 7.64. The lowest BCUT2D eigenvalue weighted by molar-refractivity contribution is -0.137. The molecule has 1 aliphatic carbocycles. The molecule has 3 N–H and O–H groups in total. The van der Waals surface area contributed by atoms with E-state index in [1.54, 1.807) is 36.0 Å². The molecule has 2 atom stereocenters. The zero-order valence-corrected chi connectivity index (χ0v) is 16.5. The predicted octanol–water partition coefficient (Wildman–Crippen LogP) is 1.06. The summed E-state index contributed by atoms with van der Waals surface area (Å²) in [6.45, 7) is 0.450.